The van der Waals surface area contributed by atoms with E-state index in [0.717, 1.165) is 11.4 Å². The number of nitrogens with one attached hydrogen (secondary N) is 1. The molecule has 0 radical (unpaired) electrons. The van der Waals surface area contributed by atoms with Gasteiger partial charge >= 0.3 is 0 Å². The van der Waals surface area contributed by atoms with E-state index in [1.54, 1.807) is 0 Å². The van der Waals surface area contributed by atoms with Crippen LogP contribution in [0.15, 0.2) is 148 Å². The largest absolute Gasteiger partial charge is 0.359 e. The number of anilines is 1. The number of hydrogen-bond acceptors (Lipinski definition) is 3. The van der Waals surface area contributed by atoms with Gasteiger partial charge in [0.1, 0.15) is 6.17 Å². The van der Waals surface area contributed by atoms with Gasteiger partial charge in [-0.05, 0) is 75.8 Å². The van der Waals surface area contributed by atoms with Gasteiger partial charge in [0.25, 0.3) is 0 Å². The van der Waals surface area contributed by atoms with Crippen LogP contribution in [-0.4, -0.2) is 10.8 Å². The van der Waals surface area contributed by atoms with Crippen LogP contribution in [0.5, 0.6) is 0 Å². The van der Waals surface area contributed by atoms with Gasteiger partial charge in [-0.15, -0.1) is 0 Å². The van der Waals surface area contributed by atoms with Gasteiger partial charge in [-0.25, -0.2) is 0 Å². The molecule has 1 N–H and O–H groups in total. The molecule has 0 saturated heterocycles. The summed E-state index contributed by atoms with van der Waals surface area (Å²) in [6.45, 7) is 0. The Morgan fingerprint density at radius 1 is 0.581 bits per heavy atom. The number of benzene rings is 6. The maximum absolute atomic E-state index is 4.88. The molecule has 3 heterocycles. The van der Waals surface area contributed by atoms with Crippen molar-refractivity contribution in [3.05, 3.63) is 156 Å². The fourth-order valence-corrected chi connectivity index (χ4v) is 9.02. The lowest BCUT2D eigenvalue weighted by atomic mass is 9.67. The van der Waals surface area contributed by atoms with E-state index in [1.165, 1.54) is 65.0 Å². The third-order valence-electron chi connectivity index (χ3n) is 9.52. The molecular weight excluding hydrogens is 543 g/mol. The molecule has 6 aromatic carbocycles. The highest BCUT2D eigenvalue weighted by Gasteiger charge is 2.50. The molecule has 1 aromatic heterocycles. The van der Waals surface area contributed by atoms with Crippen LogP contribution >= 0.6 is 11.8 Å². The number of aliphatic imine (C=N–C) groups is 1. The Morgan fingerprint density at radius 2 is 1.26 bits per heavy atom. The summed E-state index contributed by atoms with van der Waals surface area (Å²) in [5.74, 6) is 0. The number of nitrogens with zero attached hydrogens (tertiary/aromatic N) is 2. The van der Waals surface area contributed by atoms with Crippen molar-refractivity contribution in [3.8, 4) is 11.1 Å². The van der Waals surface area contributed by atoms with Crippen molar-refractivity contribution in [1.29, 1.82) is 0 Å². The fraction of sp³-hybridized carbons (Fsp3) is 0.0513. The van der Waals surface area contributed by atoms with Crippen LogP contribution in [0.1, 0.15) is 28.4 Å². The van der Waals surface area contributed by atoms with Crippen LogP contribution in [0.3, 0.4) is 0 Å². The van der Waals surface area contributed by atoms with Gasteiger partial charge in [0.15, 0.2) is 0 Å². The minimum absolute atomic E-state index is 0.114. The van der Waals surface area contributed by atoms with Gasteiger partial charge in [0.05, 0.1) is 27.8 Å². The van der Waals surface area contributed by atoms with Gasteiger partial charge in [0, 0.05) is 26.8 Å². The molecule has 10 rings (SSSR count). The van der Waals surface area contributed by atoms with E-state index >= 15 is 0 Å². The van der Waals surface area contributed by atoms with Crippen LogP contribution < -0.4 is 5.32 Å². The molecule has 3 nitrogen and oxygen atoms in total. The molecule has 0 fully saturated rings. The van der Waals surface area contributed by atoms with Crippen molar-refractivity contribution in [3.63, 3.8) is 0 Å². The van der Waals surface area contributed by atoms with Gasteiger partial charge in [0.2, 0.25) is 0 Å². The lowest BCUT2D eigenvalue weighted by molar-refractivity contribution is 0.720. The molecule has 1 spiro atoms. The summed E-state index contributed by atoms with van der Waals surface area (Å²) in [5.41, 5.74) is 12.1. The predicted molar refractivity (Wildman–Crippen MR) is 178 cm³/mol. The topological polar surface area (TPSA) is 29.3 Å². The van der Waals surface area contributed by atoms with Crippen LogP contribution in [0.25, 0.3) is 32.9 Å². The van der Waals surface area contributed by atoms with E-state index in [9.17, 15) is 0 Å². The second-order valence-corrected chi connectivity index (χ2v) is 12.7. The second-order valence-electron chi connectivity index (χ2n) is 11.6. The summed E-state index contributed by atoms with van der Waals surface area (Å²) < 4.78 is 2.44. The summed E-state index contributed by atoms with van der Waals surface area (Å²) in [6.07, 6.45) is 1.94. The molecule has 0 amide bonds. The zero-order valence-electron chi connectivity index (χ0n) is 23.2. The molecule has 43 heavy (non-hydrogen) atoms. The minimum Gasteiger partial charge on any atom is -0.359 e. The maximum atomic E-state index is 4.88. The zero-order chi connectivity index (χ0) is 28.1. The van der Waals surface area contributed by atoms with Crippen molar-refractivity contribution in [2.45, 2.75) is 21.4 Å². The van der Waals surface area contributed by atoms with Crippen molar-refractivity contribution < 1.29 is 0 Å². The highest BCUT2D eigenvalue weighted by Crippen LogP contribution is 2.62. The average molecular weight is 568 g/mol. The first-order valence-electron chi connectivity index (χ1n) is 14.8. The van der Waals surface area contributed by atoms with Crippen molar-refractivity contribution in [2.24, 2.45) is 4.99 Å². The average Bonchev–Trinajstić information content (AvgIpc) is 3.54. The molecule has 1 atom stereocenters. The SMILES string of the molecule is C1=Nc2ccccc2NC1n1c2ccccc2c2cc3c(cc21)C1(c2ccccc2Sc2ccccc21)c1ccccc1-3. The Bertz CT molecular complexity index is 2280. The highest BCUT2D eigenvalue weighted by atomic mass is 32.2. The van der Waals surface area contributed by atoms with Crippen molar-refractivity contribution in [2.75, 3.05) is 5.32 Å². The first-order chi connectivity index (χ1) is 21.3. The summed E-state index contributed by atoms with van der Waals surface area (Å²) in [7, 11) is 0. The zero-order valence-corrected chi connectivity index (χ0v) is 24.0. The third kappa shape index (κ3) is 2.98. The van der Waals surface area contributed by atoms with E-state index < -0.39 is 5.41 Å². The smallest absolute Gasteiger partial charge is 0.140 e. The summed E-state index contributed by atoms with van der Waals surface area (Å²) in [4.78, 5) is 7.52. The molecule has 3 aliphatic rings. The highest BCUT2D eigenvalue weighted by molar-refractivity contribution is 7.99. The number of rotatable bonds is 1. The molecule has 0 bridgehead atoms. The normalized spacial score (nSPS) is 16.8. The number of hydrogen-bond donors (Lipinski definition) is 1. The lowest BCUT2D eigenvalue weighted by Gasteiger charge is -2.39. The Labute approximate surface area is 253 Å². The molecule has 1 aliphatic carbocycles. The first-order valence-corrected chi connectivity index (χ1v) is 15.6. The summed E-state index contributed by atoms with van der Waals surface area (Å²) in [6, 6.07) is 49.1. The molecule has 2 aliphatic heterocycles. The monoisotopic (exact) mass is 567 g/mol. The Kier molecular flexibility index (Phi) is 4.64. The Morgan fingerprint density at radius 3 is 2.09 bits per heavy atom. The lowest BCUT2D eigenvalue weighted by Crippen LogP contribution is -2.32. The minimum atomic E-state index is -0.402. The van der Waals surface area contributed by atoms with Crippen LogP contribution in [0, 0.1) is 0 Å². The van der Waals surface area contributed by atoms with Gasteiger partial charge in [-0.3, -0.25) is 4.99 Å². The fourth-order valence-electron chi connectivity index (χ4n) is 7.83. The number of para-hydroxylation sites is 3. The van der Waals surface area contributed by atoms with Crippen molar-refractivity contribution in [1.82, 2.24) is 4.57 Å². The van der Waals surface area contributed by atoms with E-state index in [-0.39, 0.29) is 6.17 Å². The molecule has 4 heteroatoms. The van der Waals surface area contributed by atoms with E-state index in [2.05, 4.69) is 137 Å². The third-order valence-corrected chi connectivity index (χ3v) is 10.7. The van der Waals surface area contributed by atoms with Crippen LogP contribution in [-0.2, 0) is 5.41 Å². The standard InChI is InChI=1S/C39H25N3S/c1-3-13-28-24(11-1)26-21-27-25-12-2-8-18-34(25)42(38-23-40-32-16-6-7-17-33(32)41-38)35(27)22-31(26)39(28)29-14-4-9-19-36(29)43-37-20-10-5-15-30(37)39/h1-23,38,41H. The molecule has 1 unspecified atom stereocenters. The van der Waals surface area contributed by atoms with Crippen LogP contribution in [0.2, 0.25) is 0 Å². The number of aromatic nitrogens is 1. The summed E-state index contributed by atoms with van der Waals surface area (Å²) in [5, 5.41) is 6.30. The summed E-state index contributed by atoms with van der Waals surface area (Å²) >= 11 is 1.89. The van der Waals surface area contributed by atoms with Gasteiger partial charge in [-0.1, -0.05) is 103 Å². The second kappa shape index (κ2) is 8.50. The van der Waals surface area contributed by atoms with Gasteiger partial charge in [-0.2, -0.15) is 0 Å². The van der Waals surface area contributed by atoms with Crippen LogP contribution in [0.4, 0.5) is 11.4 Å². The van der Waals surface area contributed by atoms with Gasteiger partial charge < -0.3 is 9.88 Å². The van der Waals surface area contributed by atoms with E-state index in [0.29, 0.717) is 0 Å². The number of fused-ring (bicyclic) bond motifs is 13. The predicted octanol–water partition coefficient (Wildman–Crippen LogP) is 9.95. The van der Waals surface area contributed by atoms with E-state index in [1.807, 2.05) is 24.0 Å². The maximum Gasteiger partial charge on any atom is 0.140 e. The molecule has 0 saturated carbocycles. The Balaban J connectivity index is 1.34. The molecule has 202 valence electrons. The molecule has 7 aromatic rings. The van der Waals surface area contributed by atoms with E-state index in [4.69, 9.17) is 4.99 Å². The Hall–Kier alpha value is -5.06. The quantitative estimate of drug-likeness (QED) is 0.214. The molecular formula is C39H25N3S. The first kappa shape index (κ1) is 23.5. The van der Waals surface area contributed by atoms with Crippen molar-refractivity contribution >= 4 is 51.2 Å².